The molecule has 23 heavy (non-hydrogen) atoms. The Morgan fingerprint density at radius 3 is 2.57 bits per heavy atom. The summed E-state index contributed by atoms with van der Waals surface area (Å²) in [6, 6.07) is 14.6. The molecule has 0 aliphatic carbocycles. The molecule has 1 aliphatic heterocycles. The first-order valence-corrected chi connectivity index (χ1v) is 8.37. The minimum absolute atomic E-state index is 0.165. The second kappa shape index (κ2) is 6.54. The van der Waals surface area contributed by atoms with Crippen molar-refractivity contribution >= 4 is 39.1 Å². The highest BCUT2D eigenvalue weighted by molar-refractivity contribution is 9.10. The van der Waals surface area contributed by atoms with Crippen LogP contribution in [0.25, 0.3) is 0 Å². The maximum Gasteiger partial charge on any atom is 0.256 e. The Kier molecular flexibility index (Phi) is 4.48. The van der Waals surface area contributed by atoms with Crippen LogP contribution in [0.5, 0.6) is 0 Å². The van der Waals surface area contributed by atoms with E-state index in [1.165, 1.54) is 4.90 Å². The molecule has 1 aliphatic rings. The first kappa shape index (κ1) is 15.7. The molecule has 2 aromatic rings. The first-order valence-electron chi connectivity index (χ1n) is 7.57. The summed E-state index contributed by atoms with van der Waals surface area (Å²) in [4.78, 5) is 26.3. The van der Waals surface area contributed by atoms with Gasteiger partial charge in [0.2, 0.25) is 5.91 Å². The van der Waals surface area contributed by atoms with Crippen molar-refractivity contribution in [2.75, 3.05) is 10.2 Å². The summed E-state index contributed by atoms with van der Waals surface area (Å²) < 4.78 is 0.733. The third kappa shape index (κ3) is 3.01. The van der Waals surface area contributed by atoms with E-state index in [-0.39, 0.29) is 18.2 Å². The fourth-order valence-electron chi connectivity index (χ4n) is 2.79. The molecule has 1 saturated heterocycles. The van der Waals surface area contributed by atoms with Gasteiger partial charge in [-0.2, -0.15) is 0 Å². The standard InChI is InChI=1S/C18H17BrN2O2/c1-2-12-7-3-5-9-14(12)20-15-11-17(22)21(18(15)23)16-10-6-4-8-13(16)19/h3-10,15,20H,2,11H2,1H3. The van der Waals surface area contributed by atoms with Crippen molar-refractivity contribution in [3.8, 4) is 0 Å². The van der Waals surface area contributed by atoms with Gasteiger partial charge in [0.15, 0.2) is 0 Å². The van der Waals surface area contributed by atoms with Crippen molar-refractivity contribution < 1.29 is 9.59 Å². The lowest BCUT2D eigenvalue weighted by Crippen LogP contribution is -2.35. The van der Waals surface area contributed by atoms with E-state index >= 15 is 0 Å². The number of carbonyl (C=O) groups excluding carboxylic acids is 2. The molecular formula is C18H17BrN2O2. The normalized spacial score (nSPS) is 17.7. The van der Waals surface area contributed by atoms with Crippen LogP contribution in [0, 0.1) is 0 Å². The number of nitrogens with zero attached hydrogens (tertiary/aromatic N) is 1. The number of nitrogens with one attached hydrogen (secondary N) is 1. The fraction of sp³-hybridized carbons (Fsp3) is 0.222. The molecule has 0 spiro atoms. The van der Waals surface area contributed by atoms with Gasteiger partial charge in [0.1, 0.15) is 6.04 Å². The van der Waals surface area contributed by atoms with Gasteiger partial charge >= 0.3 is 0 Å². The number of carbonyl (C=O) groups is 2. The Morgan fingerprint density at radius 1 is 1.13 bits per heavy atom. The third-order valence-electron chi connectivity index (χ3n) is 3.97. The molecule has 0 saturated carbocycles. The van der Waals surface area contributed by atoms with Crippen molar-refractivity contribution in [1.82, 2.24) is 0 Å². The number of para-hydroxylation sites is 2. The van der Waals surface area contributed by atoms with Gasteiger partial charge in [0.05, 0.1) is 12.1 Å². The molecule has 5 heteroatoms. The molecule has 2 aromatic carbocycles. The van der Waals surface area contributed by atoms with Crippen LogP contribution < -0.4 is 10.2 Å². The number of hydrogen-bond acceptors (Lipinski definition) is 3. The lowest BCUT2D eigenvalue weighted by molar-refractivity contribution is -0.121. The van der Waals surface area contributed by atoms with Gasteiger partial charge in [-0.15, -0.1) is 0 Å². The minimum atomic E-state index is -0.526. The molecule has 0 aromatic heterocycles. The SMILES string of the molecule is CCc1ccccc1NC1CC(=O)N(c2ccccc2Br)C1=O. The Hall–Kier alpha value is -2.14. The highest BCUT2D eigenvalue weighted by atomic mass is 79.9. The maximum atomic E-state index is 12.7. The van der Waals surface area contributed by atoms with Gasteiger partial charge < -0.3 is 5.32 Å². The summed E-state index contributed by atoms with van der Waals surface area (Å²) >= 11 is 3.40. The average molecular weight is 373 g/mol. The van der Waals surface area contributed by atoms with Gasteiger partial charge in [-0.1, -0.05) is 37.3 Å². The van der Waals surface area contributed by atoms with Crippen molar-refractivity contribution in [3.63, 3.8) is 0 Å². The number of rotatable bonds is 4. The van der Waals surface area contributed by atoms with Crippen molar-refractivity contribution in [1.29, 1.82) is 0 Å². The topological polar surface area (TPSA) is 49.4 Å². The number of halogens is 1. The Morgan fingerprint density at radius 2 is 1.83 bits per heavy atom. The molecular weight excluding hydrogens is 356 g/mol. The molecule has 1 atom stereocenters. The van der Waals surface area contributed by atoms with Gasteiger partial charge in [0.25, 0.3) is 5.91 Å². The molecule has 118 valence electrons. The van der Waals surface area contributed by atoms with E-state index in [4.69, 9.17) is 0 Å². The summed E-state index contributed by atoms with van der Waals surface area (Å²) in [5.74, 6) is -0.402. The van der Waals surface area contributed by atoms with Crippen molar-refractivity contribution in [3.05, 3.63) is 58.6 Å². The van der Waals surface area contributed by atoms with Crippen molar-refractivity contribution in [2.45, 2.75) is 25.8 Å². The van der Waals surface area contributed by atoms with Gasteiger partial charge in [-0.3, -0.25) is 9.59 Å². The highest BCUT2D eigenvalue weighted by Gasteiger charge is 2.40. The summed E-state index contributed by atoms with van der Waals surface area (Å²) in [7, 11) is 0. The van der Waals surface area contributed by atoms with Crippen LogP contribution in [0.4, 0.5) is 11.4 Å². The van der Waals surface area contributed by atoms with Gasteiger partial charge in [-0.25, -0.2) is 4.90 Å². The number of anilines is 2. The van der Waals surface area contributed by atoms with Crippen LogP contribution >= 0.6 is 15.9 Å². The largest absolute Gasteiger partial charge is 0.373 e. The van der Waals surface area contributed by atoms with Crippen LogP contribution in [0.3, 0.4) is 0 Å². The minimum Gasteiger partial charge on any atom is -0.373 e. The predicted molar refractivity (Wildman–Crippen MR) is 94.5 cm³/mol. The van der Waals surface area contributed by atoms with Crippen LogP contribution in [0.2, 0.25) is 0 Å². The predicted octanol–water partition coefficient (Wildman–Crippen LogP) is 3.76. The maximum absolute atomic E-state index is 12.7. The van der Waals surface area contributed by atoms with E-state index in [1.54, 1.807) is 6.07 Å². The molecule has 1 N–H and O–H groups in total. The lowest BCUT2D eigenvalue weighted by Gasteiger charge is -2.18. The molecule has 1 fully saturated rings. The zero-order valence-corrected chi connectivity index (χ0v) is 14.3. The molecule has 3 rings (SSSR count). The molecule has 1 unspecified atom stereocenters. The molecule has 1 heterocycles. The van der Waals surface area contributed by atoms with E-state index in [1.807, 2.05) is 42.5 Å². The zero-order valence-electron chi connectivity index (χ0n) is 12.8. The second-order valence-electron chi connectivity index (χ2n) is 5.43. The number of imide groups is 1. The molecule has 2 amide bonds. The summed E-state index contributed by atoms with van der Waals surface area (Å²) in [5.41, 5.74) is 2.64. The smallest absolute Gasteiger partial charge is 0.256 e. The number of benzene rings is 2. The van der Waals surface area contributed by atoms with Crippen LogP contribution in [-0.4, -0.2) is 17.9 Å². The zero-order chi connectivity index (χ0) is 16.4. The van der Waals surface area contributed by atoms with E-state index in [2.05, 4.69) is 28.2 Å². The van der Waals surface area contributed by atoms with Crippen LogP contribution in [-0.2, 0) is 16.0 Å². The Labute approximate surface area is 143 Å². The molecule has 0 radical (unpaired) electrons. The first-order chi connectivity index (χ1) is 11.1. The Bertz CT molecular complexity index is 760. The van der Waals surface area contributed by atoms with E-state index in [0.29, 0.717) is 5.69 Å². The van der Waals surface area contributed by atoms with Crippen LogP contribution in [0.1, 0.15) is 18.9 Å². The monoisotopic (exact) mass is 372 g/mol. The van der Waals surface area contributed by atoms with Crippen LogP contribution in [0.15, 0.2) is 53.0 Å². The number of hydrogen-bond donors (Lipinski definition) is 1. The average Bonchev–Trinajstić information content (AvgIpc) is 2.83. The Balaban J connectivity index is 1.86. The summed E-state index contributed by atoms with van der Waals surface area (Å²) in [6.45, 7) is 2.07. The second-order valence-corrected chi connectivity index (χ2v) is 6.28. The van der Waals surface area contributed by atoms with Crippen molar-refractivity contribution in [2.24, 2.45) is 0 Å². The van der Waals surface area contributed by atoms with E-state index < -0.39 is 6.04 Å². The third-order valence-corrected chi connectivity index (χ3v) is 4.64. The molecule has 0 bridgehead atoms. The van der Waals surface area contributed by atoms with Gasteiger partial charge in [0, 0.05) is 10.2 Å². The number of aryl methyl sites for hydroxylation is 1. The number of amides is 2. The van der Waals surface area contributed by atoms with E-state index in [0.717, 1.165) is 22.1 Å². The summed E-state index contributed by atoms with van der Waals surface area (Å²) in [6.07, 6.45) is 1.03. The highest BCUT2D eigenvalue weighted by Crippen LogP contribution is 2.31. The quantitative estimate of drug-likeness (QED) is 0.831. The summed E-state index contributed by atoms with van der Waals surface area (Å²) in [5, 5.41) is 3.23. The lowest BCUT2D eigenvalue weighted by atomic mass is 10.1. The molecule has 4 nitrogen and oxygen atoms in total. The fourth-order valence-corrected chi connectivity index (χ4v) is 3.25. The van der Waals surface area contributed by atoms with E-state index in [9.17, 15) is 9.59 Å². The van der Waals surface area contributed by atoms with Gasteiger partial charge in [-0.05, 0) is 46.1 Å².